The molecule has 0 saturated carbocycles. The van der Waals surface area contributed by atoms with Gasteiger partial charge in [0.05, 0.1) is 11.3 Å². The Balaban J connectivity index is 2.27. The van der Waals surface area contributed by atoms with Gasteiger partial charge in [-0.25, -0.2) is 14.4 Å². The van der Waals surface area contributed by atoms with Gasteiger partial charge in [-0.2, -0.15) is 22.6 Å². The Morgan fingerprint density at radius 2 is 1.60 bits per heavy atom. The van der Waals surface area contributed by atoms with Crippen LogP contribution >= 0.6 is 18.8 Å². The third-order valence-corrected chi connectivity index (χ3v) is 6.83. The number of nitrogens with one attached hydrogen (secondary N) is 2. The van der Waals surface area contributed by atoms with E-state index in [0.29, 0.717) is 28.1 Å². The van der Waals surface area contributed by atoms with Crippen LogP contribution in [0.2, 0.25) is 0 Å². The average molecular weight is 526 g/mol. The van der Waals surface area contributed by atoms with Crippen molar-refractivity contribution >= 4 is 48.1 Å². The maximum atomic E-state index is 13.8. The van der Waals surface area contributed by atoms with Crippen molar-refractivity contribution < 1.29 is 17.6 Å². The van der Waals surface area contributed by atoms with Gasteiger partial charge in [0.25, 0.3) is 0 Å². The number of halogens is 4. The molecule has 0 saturated heterocycles. The van der Waals surface area contributed by atoms with Crippen LogP contribution in [0.4, 0.5) is 23.4 Å². The lowest BCUT2D eigenvalue weighted by atomic mass is 9.99. The number of rotatable bonds is 8. The van der Waals surface area contributed by atoms with E-state index in [1.807, 2.05) is 6.26 Å². The summed E-state index contributed by atoms with van der Waals surface area (Å²) >= 11 is 0. The molecule has 0 aliphatic carbocycles. The highest BCUT2D eigenvalue weighted by Crippen LogP contribution is 2.40. The fourth-order valence-electron chi connectivity index (χ4n) is 3.19. The zero-order chi connectivity index (χ0) is 26.0. The minimum atomic E-state index is -4.80. The molecule has 0 radical (unpaired) electrons. The second-order valence-corrected chi connectivity index (χ2v) is 13.4. The topological polar surface area (TPSA) is 75.9 Å². The van der Waals surface area contributed by atoms with E-state index in [4.69, 9.17) is 5.14 Å². The Hall–Kier alpha value is -2.86. The average Bonchev–Trinajstić information content (AvgIpc) is 2.75. The summed E-state index contributed by atoms with van der Waals surface area (Å²) in [5, 5.41) is 9.12. The van der Waals surface area contributed by atoms with Gasteiger partial charge in [0.2, 0.25) is 5.82 Å². The highest BCUT2D eigenvalue weighted by atomic mass is 32.2. The number of alkyl halides is 3. The quantitative estimate of drug-likeness (QED) is 0.217. The van der Waals surface area contributed by atoms with Gasteiger partial charge in [-0.1, -0.05) is 35.6 Å². The minimum Gasteiger partial charge on any atom is -0.368 e. The van der Waals surface area contributed by atoms with Crippen molar-refractivity contribution in [1.82, 2.24) is 14.7 Å². The summed E-state index contributed by atoms with van der Waals surface area (Å²) in [6.45, 7) is 0.637. The molecule has 0 atom stereocenters. The first-order chi connectivity index (χ1) is 16.1. The fourth-order valence-corrected chi connectivity index (χ4v) is 4.49. The van der Waals surface area contributed by atoms with Crippen LogP contribution < -0.4 is 15.2 Å². The van der Waals surface area contributed by atoms with Crippen LogP contribution in [0.3, 0.4) is 0 Å². The molecule has 0 spiro atoms. The first-order valence-corrected chi connectivity index (χ1v) is 14.6. The van der Waals surface area contributed by atoms with Crippen molar-refractivity contribution in [2.75, 3.05) is 24.7 Å². The summed E-state index contributed by atoms with van der Waals surface area (Å²) < 4.78 is 58.0. The number of nitrogens with zero attached hydrogens (tertiary/aromatic N) is 2. The van der Waals surface area contributed by atoms with Crippen LogP contribution in [0.15, 0.2) is 53.4 Å². The highest BCUT2D eigenvalue weighted by Gasteiger charge is 2.36. The summed E-state index contributed by atoms with van der Waals surface area (Å²) in [5.74, 6) is 13.8. The van der Waals surface area contributed by atoms with Crippen LogP contribution in [-0.4, -0.2) is 52.8 Å². The molecule has 0 amide bonds. The van der Waals surface area contributed by atoms with Crippen molar-refractivity contribution in [1.29, 1.82) is 0 Å². The predicted octanol–water partition coefficient (Wildman–Crippen LogP) is 5.08. The molecular weight excluding hydrogens is 498 g/mol. The van der Waals surface area contributed by atoms with Crippen LogP contribution in [0, 0.1) is 5.82 Å². The van der Waals surface area contributed by atoms with Gasteiger partial charge < -0.3 is 5.32 Å². The first kappa shape index (κ1) is 26.7. The third kappa shape index (κ3) is 7.07. The van der Waals surface area contributed by atoms with Gasteiger partial charge in [-0.3, -0.25) is 9.86 Å². The Labute approximate surface area is 203 Å². The number of hydrogen-bond acceptors (Lipinski definition) is 5. The van der Waals surface area contributed by atoms with E-state index < -0.39 is 36.6 Å². The van der Waals surface area contributed by atoms with Crippen LogP contribution in [0.25, 0.3) is 22.4 Å². The summed E-state index contributed by atoms with van der Waals surface area (Å²) in [5.41, 5.74) is 1.12. The Bertz CT molecular complexity index is 1430. The predicted molar refractivity (Wildman–Crippen MR) is 146 cm³/mol. The molecule has 3 rings (SSSR count). The smallest absolute Gasteiger partial charge is 0.368 e. The van der Waals surface area contributed by atoms with Crippen LogP contribution in [0.5, 0.6) is 0 Å². The van der Waals surface area contributed by atoms with Crippen molar-refractivity contribution in [2.45, 2.75) is 11.1 Å². The molecule has 188 valence electrons. The third-order valence-electron chi connectivity index (χ3n) is 4.74. The number of nitrogens with two attached hydrogens (primary N) is 1. The van der Waals surface area contributed by atoms with Crippen molar-refractivity contribution in [2.24, 2.45) is 5.14 Å². The molecule has 4 N–H and O–H groups in total. The molecule has 0 aliphatic heterocycles. The first-order valence-electron chi connectivity index (χ1n) is 10.2. The molecule has 3 aromatic rings. The molecule has 0 unspecified atom stereocenters. The lowest BCUT2D eigenvalue weighted by molar-refractivity contribution is -0.144. The number of hydrogen-bond donors (Lipinski definition) is 3. The zero-order valence-electron chi connectivity index (χ0n) is 19.2. The maximum Gasteiger partial charge on any atom is 0.451 e. The van der Waals surface area contributed by atoms with Gasteiger partial charge in [0, 0.05) is 23.5 Å². The Morgan fingerprint density at radius 1 is 0.943 bits per heavy atom. The van der Waals surface area contributed by atoms with Crippen molar-refractivity contribution in [3.05, 3.63) is 60.2 Å². The summed E-state index contributed by atoms with van der Waals surface area (Å²) in [6, 6.07) is 12.0. The number of anilines is 1. The van der Waals surface area contributed by atoms with Gasteiger partial charge in [0.15, 0.2) is 0 Å². The zero-order valence-corrected chi connectivity index (χ0v) is 20.8. The molecule has 0 bridgehead atoms. The largest absolute Gasteiger partial charge is 0.451 e. The van der Waals surface area contributed by atoms with E-state index in [9.17, 15) is 17.6 Å². The Kier molecular flexibility index (Phi) is 7.65. The second-order valence-electron chi connectivity index (χ2n) is 8.19. The number of benzene rings is 2. The van der Waals surface area contributed by atoms with Crippen molar-refractivity contribution in [3.63, 3.8) is 0 Å². The molecule has 11 heteroatoms. The molecule has 0 fully saturated rings. The SMILES string of the molecule is C=S(=C)(C)NCCNc1nc(C(F)(F)F)nc(-c2ccc(F)cc2)c1-c1cccc(S(=C)(=C)N)c1. The van der Waals surface area contributed by atoms with E-state index >= 15 is 0 Å². The lowest BCUT2D eigenvalue weighted by Crippen LogP contribution is -2.21. The van der Waals surface area contributed by atoms with E-state index in [2.05, 4.69) is 43.5 Å². The van der Waals surface area contributed by atoms with Crippen LogP contribution in [-0.2, 0) is 6.18 Å². The van der Waals surface area contributed by atoms with Gasteiger partial charge >= 0.3 is 6.18 Å². The van der Waals surface area contributed by atoms with Gasteiger partial charge in [0.1, 0.15) is 11.6 Å². The molecule has 35 heavy (non-hydrogen) atoms. The van der Waals surface area contributed by atoms with E-state index in [1.54, 1.807) is 24.3 Å². The lowest BCUT2D eigenvalue weighted by Gasteiger charge is -2.19. The highest BCUT2D eigenvalue weighted by molar-refractivity contribution is 8.26. The van der Waals surface area contributed by atoms with Crippen molar-refractivity contribution in [3.8, 4) is 22.4 Å². The molecular formula is C24H27F4N5S2. The molecule has 1 heterocycles. The van der Waals surface area contributed by atoms with E-state index in [-0.39, 0.29) is 18.1 Å². The molecule has 0 aliphatic rings. The Morgan fingerprint density at radius 3 is 2.17 bits per heavy atom. The summed E-state index contributed by atoms with van der Waals surface area (Å²) in [4.78, 5) is 8.32. The van der Waals surface area contributed by atoms with E-state index in [1.165, 1.54) is 12.1 Å². The molecule has 1 aromatic heterocycles. The maximum absolute atomic E-state index is 13.8. The molecule has 2 aromatic carbocycles. The second kappa shape index (κ2) is 10.0. The van der Waals surface area contributed by atoms with E-state index in [0.717, 1.165) is 12.1 Å². The molecule has 5 nitrogen and oxygen atoms in total. The monoisotopic (exact) mass is 525 g/mol. The fraction of sp³-hybridized carbons (Fsp3) is 0.167. The normalized spacial score (nSPS) is 12.5. The number of aromatic nitrogens is 2. The van der Waals surface area contributed by atoms with Gasteiger partial charge in [-0.15, -0.1) is 9.39 Å². The minimum absolute atomic E-state index is 0.00420. The summed E-state index contributed by atoms with van der Waals surface area (Å²) in [6.07, 6.45) is -2.95. The van der Waals surface area contributed by atoms with Gasteiger partial charge in [-0.05, 0) is 48.2 Å². The summed E-state index contributed by atoms with van der Waals surface area (Å²) in [7, 11) is -3.62. The standard InChI is InChI=1S/C24H27F4N5S2/c1-34(2,3)31-14-13-30-22-20(17-7-6-8-19(15-17)35(4,5)29)21(16-9-11-18(25)12-10-16)32-23(33-22)24(26,27)28/h6-12,15,31H,1-2,4-5,13-14,29H2,3H3,(H,30,32,33). The van der Waals surface area contributed by atoms with Crippen LogP contribution in [0.1, 0.15) is 5.82 Å².